The van der Waals surface area contributed by atoms with Crippen molar-refractivity contribution in [1.82, 2.24) is 18.7 Å². The van der Waals surface area contributed by atoms with Crippen LogP contribution in [0.3, 0.4) is 0 Å². The van der Waals surface area contributed by atoms with Crippen LogP contribution in [0.25, 0.3) is 11.2 Å². The number of aromatic nitrogens is 4. The van der Waals surface area contributed by atoms with Crippen LogP contribution in [-0.2, 0) is 20.6 Å². The number of nitrogens with one attached hydrogen (secondary N) is 1. The van der Waals surface area contributed by atoms with Gasteiger partial charge in [-0.1, -0.05) is 48.0 Å². The normalized spacial score (nSPS) is 11.1. The molecule has 7 heteroatoms. The van der Waals surface area contributed by atoms with E-state index in [1.807, 2.05) is 66.1 Å². The molecule has 0 saturated carbocycles. The molecule has 0 radical (unpaired) electrons. The summed E-state index contributed by atoms with van der Waals surface area (Å²) >= 11 is 0. The van der Waals surface area contributed by atoms with Crippen LogP contribution in [0, 0.1) is 6.92 Å². The maximum absolute atomic E-state index is 12.9. The van der Waals surface area contributed by atoms with Gasteiger partial charge in [0.2, 0.25) is 5.95 Å². The van der Waals surface area contributed by atoms with Crippen LogP contribution >= 0.6 is 0 Å². The van der Waals surface area contributed by atoms with Gasteiger partial charge in [0.25, 0.3) is 5.56 Å². The van der Waals surface area contributed by atoms with E-state index in [-0.39, 0.29) is 5.56 Å². The molecule has 0 amide bonds. The zero-order valence-corrected chi connectivity index (χ0v) is 16.0. The topological polar surface area (TPSA) is 73.8 Å². The largest absolute Gasteiger partial charge is 0.332 e. The highest BCUT2D eigenvalue weighted by molar-refractivity contribution is 5.76. The SMILES string of the molecule is Cc1ccc(Nc2nc3c(c(=O)n(C)c(=O)n3C)n2Cc2ccccc2)cc1. The van der Waals surface area contributed by atoms with Gasteiger partial charge in [-0.25, -0.2) is 4.79 Å². The number of anilines is 2. The van der Waals surface area contributed by atoms with Gasteiger partial charge >= 0.3 is 5.69 Å². The van der Waals surface area contributed by atoms with E-state index in [9.17, 15) is 9.59 Å². The number of benzene rings is 2. The summed E-state index contributed by atoms with van der Waals surface area (Å²) in [6, 6.07) is 17.8. The van der Waals surface area contributed by atoms with Crippen molar-refractivity contribution in [2.24, 2.45) is 14.1 Å². The Balaban J connectivity index is 1.94. The quantitative estimate of drug-likeness (QED) is 0.595. The lowest BCUT2D eigenvalue weighted by atomic mass is 10.2. The number of hydrogen-bond donors (Lipinski definition) is 1. The van der Waals surface area contributed by atoms with E-state index >= 15 is 0 Å². The molecule has 142 valence electrons. The lowest BCUT2D eigenvalue weighted by Crippen LogP contribution is -2.37. The predicted octanol–water partition coefficient (Wildman–Crippen LogP) is 2.53. The van der Waals surface area contributed by atoms with Crippen LogP contribution < -0.4 is 16.6 Å². The third kappa shape index (κ3) is 3.00. The Hall–Kier alpha value is -3.61. The van der Waals surface area contributed by atoms with Gasteiger partial charge in [-0.2, -0.15) is 4.98 Å². The summed E-state index contributed by atoms with van der Waals surface area (Å²) in [5.74, 6) is 0.515. The molecule has 0 aliphatic heterocycles. The maximum atomic E-state index is 12.9. The van der Waals surface area contributed by atoms with Crippen molar-refractivity contribution in [2.45, 2.75) is 13.5 Å². The van der Waals surface area contributed by atoms with E-state index < -0.39 is 5.69 Å². The predicted molar refractivity (Wildman–Crippen MR) is 110 cm³/mol. The van der Waals surface area contributed by atoms with E-state index in [1.54, 1.807) is 7.05 Å². The Morgan fingerprint density at radius 2 is 1.61 bits per heavy atom. The second kappa shape index (κ2) is 6.84. The average molecular weight is 375 g/mol. The first-order chi connectivity index (χ1) is 13.5. The van der Waals surface area contributed by atoms with Gasteiger partial charge in [-0.15, -0.1) is 0 Å². The first kappa shape index (κ1) is 17.8. The fourth-order valence-electron chi connectivity index (χ4n) is 3.23. The summed E-state index contributed by atoms with van der Waals surface area (Å²) in [5, 5.41) is 3.29. The fraction of sp³-hybridized carbons (Fsp3) is 0.190. The minimum atomic E-state index is -0.399. The zero-order valence-electron chi connectivity index (χ0n) is 16.0. The molecule has 0 saturated heterocycles. The molecule has 0 aliphatic rings. The number of imidazole rings is 1. The molecular weight excluding hydrogens is 354 g/mol. The van der Waals surface area contributed by atoms with Crippen molar-refractivity contribution in [2.75, 3.05) is 5.32 Å². The number of aryl methyl sites for hydroxylation is 2. The van der Waals surface area contributed by atoms with Gasteiger partial charge in [-0.05, 0) is 24.6 Å². The molecule has 7 nitrogen and oxygen atoms in total. The highest BCUT2D eigenvalue weighted by Gasteiger charge is 2.19. The van der Waals surface area contributed by atoms with Crippen molar-refractivity contribution in [1.29, 1.82) is 0 Å². The highest BCUT2D eigenvalue weighted by Crippen LogP contribution is 2.22. The maximum Gasteiger partial charge on any atom is 0.332 e. The van der Waals surface area contributed by atoms with Crippen molar-refractivity contribution in [3.8, 4) is 0 Å². The third-order valence-electron chi connectivity index (χ3n) is 4.84. The summed E-state index contributed by atoms with van der Waals surface area (Å²) in [5.41, 5.74) is 3.03. The fourth-order valence-corrected chi connectivity index (χ4v) is 3.23. The zero-order chi connectivity index (χ0) is 19.8. The monoisotopic (exact) mass is 375 g/mol. The van der Waals surface area contributed by atoms with Gasteiger partial charge in [0.15, 0.2) is 11.2 Å². The molecule has 2 aromatic carbocycles. The number of fused-ring (bicyclic) bond motifs is 1. The molecule has 1 N–H and O–H groups in total. The van der Waals surface area contributed by atoms with Gasteiger partial charge in [0, 0.05) is 19.8 Å². The number of nitrogens with zero attached hydrogens (tertiary/aromatic N) is 4. The molecule has 0 atom stereocenters. The Morgan fingerprint density at radius 3 is 2.29 bits per heavy atom. The average Bonchev–Trinajstić information content (AvgIpc) is 3.05. The smallest absolute Gasteiger partial charge is 0.326 e. The summed E-state index contributed by atoms with van der Waals surface area (Å²) in [6.45, 7) is 2.48. The van der Waals surface area contributed by atoms with Gasteiger partial charge in [-0.3, -0.25) is 18.5 Å². The van der Waals surface area contributed by atoms with Crippen LogP contribution in [0.4, 0.5) is 11.6 Å². The van der Waals surface area contributed by atoms with Crippen LogP contribution in [0.1, 0.15) is 11.1 Å². The second-order valence-electron chi connectivity index (χ2n) is 6.88. The van der Waals surface area contributed by atoms with E-state index in [1.165, 1.54) is 11.6 Å². The number of hydrogen-bond acceptors (Lipinski definition) is 4. The Kier molecular flexibility index (Phi) is 4.35. The van der Waals surface area contributed by atoms with Crippen molar-refractivity contribution in [3.63, 3.8) is 0 Å². The molecule has 0 unspecified atom stereocenters. The summed E-state index contributed by atoms with van der Waals surface area (Å²) in [6.07, 6.45) is 0. The molecule has 2 heterocycles. The van der Waals surface area contributed by atoms with E-state index in [4.69, 9.17) is 0 Å². The molecule has 0 spiro atoms. The summed E-state index contributed by atoms with van der Waals surface area (Å²) < 4.78 is 4.34. The Morgan fingerprint density at radius 1 is 0.929 bits per heavy atom. The van der Waals surface area contributed by atoms with Gasteiger partial charge in [0.05, 0.1) is 6.54 Å². The minimum Gasteiger partial charge on any atom is -0.326 e. The second-order valence-corrected chi connectivity index (χ2v) is 6.88. The van der Waals surface area contributed by atoms with Crippen LogP contribution in [0.5, 0.6) is 0 Å². The Labute approximate surface area is 161 Å². The van der Waals surface area contributed by atoms with Crippen LogP contribution in [-0.4, -0.2) is 18.7 Å². The molecule has 28 heavy (non-hydrogen) atoms. The van der Waals surface area contributed by atoms with E-state index in [2.05, 4.69) is 10.3 Å². The Bertz CT molecular complexity index is 1260. The van der Waals surface area contributed by atoms with Crippen LogP contribution in [0.15, 0.2) is 64.2 Å². The summed E-state index contributed by atoms with van der Waals surface area (Å²) in [4.78, 5) is 29.8. The minimum absolute atomic E-state index is 0.360. The van der Waals surface area contributed by atoms with Gasteiger partial charge in [0.1, 0.15) is 0 Å². The first-order valence-electron chi connectivity index (χ1n) is 8.99. The van der Waals surface area contributed by atoms with Gasteiger partial charge < -0.3 is 5.32 Å². The summed E-state index contributed by atoms with van der Waals surface area (Å²) in [7, 11) is 3.11. The highest BCUT2D eigenvalue weighted by atomic mass is 16.2. The number of rotatable bonds is 4. The van der Waals surface area contributed by atoms with Crippen molar-refractivity contribution in [3.05, 3.63) is 86.6 Å². The van der Waals surface area contributed by atoms with Crippen LogP contribution in [0.2, 0.25) is 0 Å². The molecule has 2 aromatic heterocycles. The lowest BCUT2D eigenvalue weighted by Gasteiger charge is -2.11. The van der Waals surface area contributed by atoms with E-state index in [0.29, 0.717) is 23.7 Å². The third-order valence-corrected chi connectivity index (χ3v) is 4.84. The van der Waals surface area contributed by atoms with Crippen molar-refractivity contribution >= 4 is 22.8 Å². The molecule has 0 bridgehead atoms. The first-order valence-corrected chi connectivity index (χ1v) is 8.99. The molecule has 0 aliphatic carbocycles. The standard InChI is InChI=1S/C21H21N5O2/c1-14-9-11-16(12-10-14)22-20-23-18-17(19(27)25(3)21(28)24(18)2)26(20)13-15-7-5-4-6-8-15/h4-12H,13H2,1-3H3,(H,22,23). The van der Waals surface area contributed by atoms with Crippen molar-refractivity contribution < 1.29 is 0 Å². The molecule has 4 aromatic rings. The molecule has 4 rings (SSSR count). The molecule has 0 fully saturated rings. The van der Waals surface area contributed by atoms with E-state index in [0.717, 1.165) is 21.4 Å². The molecular formula is C21H21N5O2. The lowest BCUT2D eigenvalue weighted by molar-refractivity contribution is 0.702.